The van der Waals surface area contributed by atoms with E-state index in [4.69, 9.17) is 26.8 Å². The Bertz CT molecular complexity index is 619. The zero-order valence-corrected chi connectivity index (χ0v) is 14.1. The van der Waals surface area contributed by atoms with Crippen LogP contribution in [0.4, 0.5) is 0 Å². The van der Waals surface area contributed by atoms with E-state index in [1.54, 1.807) is 14.2 Å². The minimum absolute atomic E-state index is 0.304. The summed E-state index contributed by atoms with van der Waals surface area (Å²) in [6.07, 6.45) is 0. The van der Waals surface area contributed by atoms with Gasteiger partial charge in [0.15, 0.2) is 0 Å². The summed E-state index contributed by atoms with van der Waals surface area (Å²) >= 11 is 8.31. The Morgan fingerprint density at radius 2 is 1.80 bits per heavy atom. The SMILES string of the molecule is COc1ccc(C(N)c2cc(Cl)ccc2I)c(OC)c1. The molecule has 0 fully saturated rings. The number of hydrogen-bond donors (Lipinski definition) is 1. The molecule has 0 aromatic heterocycles. The Kier molecular flexibility index (Phi) is 5.12. The monoisotopic (exact) mass is 403 g/mol. The first-order chi connectivity index (χ1) is 9.56. The van der Waals surface area contributed by atoms with E-state index >= 15 is 0 Å². The second kappa shape index (κ2) is 6.65. The van der Waals surface area contributed by atoms with Gasteiger partial charge >= 0.3 is 0 Å². The summed E-state index contributed by atoms with van der Waals surface area (Å²) in [5, 5.41) is 0.670. The molecule has 2 aromatic carbocycles. The highest BCUT2D eigenvalue weighted by Crippen LogP contribution is 2.34. The van der Waals surface area contributed by atoms with E-state index in [-0.39, 0.29) is 6.04 Å². The number of methoxy groups -OCH3 is 2. The maximum atomic E-state index is 6.37. The summed E-state index contributed by atoms with van der Waals surface area (Å²) < 4.78 is 11.7. The maximum absolute atomic E-state index is 6.37. The van der Waals surface area contributed by atoms with Gasteiger partial charge in [-0.05, 0) is 58.5 Å². The van der Waals surface area contributed by atoms with Crippen LogP contribution in [0.25, 0.3) is 0 Å². The molecule has 1 atom stereocenters. The average Bonchev–Trinajstić information content (AvgIpc) is 2.48. The zero-order valence-electron chi connectivity index (χ0n) is 11.2. The molecular formula is C15H15ClINO2. The van der Waals surface area contributed by atoms with Crippen LogP contribution in [0.15, 0.2) is 36.4 Å². The highest BCUT2D eigenvalue weighted by Gasteiger charge is 2.17. The van der Waals surface area contributed by atoms with Gasteiger partial charge in [-0.25, -0.2) is 0 Å². The summed E-state index contributed by atoms with van der Waals surface area (Å²) in [4.78, 5) is 0. The molecule has 0 radical (unpaired) electrons. The van der Waals surface area contributed by atoms with Gasteiger partial charge in [-0.3, -0.25) is 0 Å². The van der Waals surface area contributed by atoms with E-state index in [1.165, 1.54) is 0 Å². The van der Waals surface area contributed by atoms with Crippen molar-refractivity contribution in [2.75, 3.05) is 14.2 Å². The number of nitrogens with two attached hydrogens (primary N) is 1. The molecule has 0 bridgehead atoms. The molecule has 0 aliphatic carbocycles. The van der Waals surface area contributed by atoms with Crippen LogP contribution in [0.3, 0.4) is 0 Å². The molecule has 1 unspecified atom stereocenters. The second-order valence-electron chi connectivity index (χ2n) is 4.25. The van der Waals surface area contributed by atoms with Crippen molar-refractivity contribution >= 4 is 34.2 Å². The van der Waals surface area contributed by atoms with E-state index in [0.717, 1.165) is 20.4 Å². The van der Waals surface area contributed by atoms with Gasteiger partial charge in [0.1, 0.15) is 11.5 Å². The molecule has 0 spiro atoms. The van der Waals surface area contributed by atoms with E-state index in [1.807, 2.05) is 36.4 Å². The minimum Gasteiger partial charge on any atom is -0.497 e. The lowest BCUT2D eigenvalue weighted by Crippen LogP contribution is -2.14. The van der Waals surface area contributed by atoms with Crippen LogP contribution in [0.1, 0.15) is 17.2 Å². The Balaban J connectivity index is 2.47. The topological polar surface area (TPSA) is 44.5 Å². The molecule has 0 aliphatic heterocycles. The first-order valence-corrected chi connectivity index (χ1v) is 7.45. The first-order valence-electron chi connectivity index (χ1n) is 5.99. The normalized spacial score (nSPS) is 12.1. The molecule has 0 heterocycles. The maximum Gasteiger partial charge on any atom is 0.127 e. The lowest BCUT2D eigenvalue weighted by molar-refractivity contribution is 0.390. The van der Waals surface area contributed by atoms with Gasteiger partial charge in [-0.1, -0.05) is 11.6 Å². The van der Waals surface area contributed by atoms with E-state index < -0.39 is 0 Å². The van der Waals surface area contributed by atoms with Gasteiger partial charge in [-0.15, -0.1) is 0 Å². The van der Waals surface area contributed by atoms with Crippen molar-refractivity contribution in [1.82, 2.24) is 0 Å². The zero-order chi connectivity index (χ0) is 14.7. The Hall–Kier alpha value is -0.980. The molecular weight excluding hydrogens is 389 g/mol. The molecule has 5 heteroatoms. The fourth-order valence-electron chi connectivity index (χ4n) is 2.00. The summed E-state index contributed by atoms with van der Waals surface area (Å²) in [7, 11) is 3.24. The Labute approximate surface area is 137 Å². The minimum atomic E-state index is -0.304. The summed E-state index contributed by atoms with van der Waals surface area (Å²) in [6.45, 7) is 0. The molecule has 0 saturated carbocycles. The predicted molar refractivity (Wildman–Crippen MR) is 89.7 cm³/mol. The number of ether oxygens (including phenoxy) is 2. The highest BCUT2D eigenvalue weighted by molar-refractivity contribution is 14.1. The lowest BCUT2D eigenvalue weighted by atomic mass is 9.98. The van der Waals surface area contributed by atoms with Crippen LogP contribution < -0.4 is 15.2 Å². The molecule has 0 saturated heterocycles. The fourth-order valence-corrected chi connectivity index (χ4v) is 2.85. The standard InChI is InChI=1S/C15H15ClINO2/c1-19-10-4-5-11(14(8-10)20-2)15(18)12-7-9(16)3-6-13(12)17/h3-8,15H,18H2,1-2H3. The molecule has 0 amide bonds. The van der Waals surface area contributed by atoms with Gasteiger partial charge in [0, 0.05) is 20.2 Å². The van der Waals surface area contributed by atoms with Crippen molar-refractivity contribution in [3.63, 3.8) is 0 Å². The van der Waals surface area contributed by atoms with Crippen molar-refractivity contribution in [1.29, 1.82) is 0 Å². The molecule has 20 heavy (non-hydrogen) atoms. The van der Waals surface area contributed by atoms with Gasteiger partial charge < -0.3 is 15.2 Å². The van der Waals surface area contributed by atoms with Crippen LogP contribution >= 0.6 is 34.2 Å². The number of rotatable bonds is 4. The van der Waals surface area contributed by atoms with Crippen LogP contribution in [0.5, 0.6) is 11.5 Å². The largest absolute Gasteiger partial charge is 0.497 e. The molecule has 0 aliphatic rings. The van der Waals surface area contributed by atoms with Crippen LogP contribution in [0, 0.1) is 3.57 Å². The van der Waals surface area contributed by atoms with E-state index in [0.29, 0.717) is 10.8 Å². The summed E-state index contributed by atoms with van der Waals surface area (Å²) in [5.41, 5.74) is 8.24. The molecule has 3 nitrogen and oxygen atoms in total. The summed E-state index contributed by atoms with van der Waals surface area (Å²) in [5.74, 6) is 1.44. The predicted octanol–water partition coefficient (Wildman–Crippen LogP) is 4.01. The van der Waals surface area contributed by atoms with Gasteiger partial charge in [-0.2, -0.15) is 0 Å². The molecule has 2 aromatic rings. The van der Waals surface area contributed by atoms with Crippen molar-refractivity contribution in [3.8, 4) is 11.5 Å². The van der Waals surface area contributed by atoms with Crippen molar-refractivity contribution in [2.24, 2.45) is 5.73 Å². The number of halogens is 2. The van der Waals surface area contributed by atoms with Crippen molar-refractivity contribution in [3.05, 3.63) is 56.1 Å². The van der Waals surface area contributed by atoms with Crippen LogP contribution in [-0.4, -0.2) is 14.2 Å². The number of benzene rings is 2. The Morgan fingerprint density at radius 3 is 2.45 bits per heavy atom. The third kappa shape index (κ3) is 3.19. The molecule has 2 rings (SSSR count). The van der Waals surface area contributed by atoms with E-state index in [2.05, 4.69) is 22.6 Å². The quantitative estimate of drug-likeness (QED) is 0.785. The third-order valence-electron chi connectivity index (χ3n) is 3.07. The first kappa shape index (κ1) is 15.4. The fraction of sp³-hybridized carbons (Fsp3) is 0.200. The van der Waals surface area contributed by atoms with Crippen LogP contribution in [0.2, 0.25) is 5.02 Å². The highest BCUT2D eigenvalue weighted by atomic mass is 127. The molecule has 106 valence electrons. The van der Waals surface area contributed by atoms with Crippen molar-refractivity contribution in [2.45, 2.75) is 6.04 Å². The van der Waals surface area contributed by atoms with Gasteiger partial charge in [0.05, 0.1) is 20.3 Å². The van der Waals surface area contributed by atoms with Gasteiger partial charge in [0.25, 0.3) is 0 Å². The van der Waals surface area contributed by atoms with Crippen LogP contribution in [-0.2, 0) is 0 Å². The van der Waals surface area contributed by atoms with Gasteiger partial charge in [0.2, 0.25) is 0 Å². The Morgan fingerprint density at radius 1 is 1.05 bits per heavy atom. The lowest BCUT2D eigenvalue weighted by Gasteiger charge is -2.18. The summed E-state index contributed by atoms with van der Waals surface area (Å²) in [6, 6.07) is 11.0. The van der Waals surface area contributed by atoms with Crippen molar-refractivity contribution < 1.29 is 9.47 Å². The van der Waals surface area contributed by atoms with E-state index in [9.17, 15) is 0 Å². The smallest absolute Gasteiger partial charge is 0.127 e. The second-order valence-corrected chi connectivity index (χ2v) is 5.85. The molecule has 2 N–H and O–H groups in total. The third-order valence-corrected chi connectivity index (χ3v) is 4.29. The number of hydrogen-bond acceptors (Lipinski definition) is 3. The average molecular weight is 404 g/mol.